The van der Waals surface area contributed by atoms with E-state index in [-0.39, 0.29) is 12.8 Å². The summed E-state index contributed by atoms with van der Waals surface area (Å²) in [6.07, 6.45) is 0.946. The first kappa shape index (κ1) is 9.33. The number of hydrogen-bond donors (Lipinski definition) is 2. The molecule has 0 saturated heterocycles. The van der Waals surface area contributed by atoms with Gasteiger partial charge in [0.1, 0.15) is 12.4 Å². The summed E-state index contributed by atoms with van der Waals surface area (Å²) in [5.41, 5.74) is -1.83. The van der Waals surface area contributed by atoms with E-state index in [4.69, 9.17) is 5.11 Å². The van der Waals surface area contributed by atoms with Gasteiger partial charge in [-0.1, -0.05) is 0 Å². The molecule has 1 heterocycles. The molecule has 1 radical (unpaired) electrons. The fourth-order valence-corrected chi connectivity index (χ4v) is 0.696. The number of nitrogens with zero attached hydrogens (tertiary/aromatic N) is 2. The van der Waals surface area contributed by atoms with Crippen LogP contribution < -0.4 is 11.1 Å². The quantitative estimate of drug-likeness (QED) is 0.392. The van der Waals surface area contributed by atoms with Gasteiger partial charge in [-0.2, -0.15) is 0 Å². The second-order valence-electron chi connectivity index (χ2n) is 2.26. The Hall–Kier alpha value is -1.76. The van der Waals surface area contributed by atoms with Crippen LogP contribution in [0.5, 0.6) is 0 Å². The van der Waals surface area contributed by atoms with E-state index < -0.39 is 17.2 Å². The van der Waals surface area contributed by atoms with Crippen molar-refractivity contribution in [2.75, 3.05) is 0 Å². The van der Waals surface area contributed by atoms with Gasteiger partial charge in [-0.15, -0.1) is 5.10 Å². The van der Waals surface area contributed by atoms with Crippen molar-refractivity contribution >= 4 is 6.29 Å². The third kappa shape index (κ3) is 2.09. The molecule has 2 N–H and O–H groups in total. The third-order valence-corrected chi connectivity index (χ3v) is 1.29. The number of aromatic nitrogens is 3. The monoisotopic (exact) mass is 184 g/mol. The number of carbonyl (C=O) groups excluding carboxylic acids is 1. The van der Waals surface area contributed by atoms with Crippen molar-refractivity contribution < 1.29 is 9.90 Å². The molecule has 1 aromatic rings. The highest BCUT2D eigenvalue weighted by atomic mass is 16.3. The fraction of sp³-hybridized carbons (Fsp3) is 0.333. The van der Waals surface area contributed by atoms with E-state index in [2.05, 4.69) is 5.10 Å². The Morgan fingerprint density at radius 2 is 2.38 bits per heavy atom. The smallest absolute Gasteiger partial charge is 0.332 e. The Morgan fingerprint density at radius 1 is 1.69 bits per heavy atom. The second-order valence-corrected chi connectivity index (χ2v) is 2.26. The fourth-order valence-electron chi connectivity index (χ4n) is 0.696. The predicted molar refractivity (Wildman–Crippen MR) is 40.0 cm³/mol. The molecule has 0 spiro atoms. The Balaban J connectivity index is 3.03. The number of H-pyrrole nitrogens is 1. The van der Waals surface area contributed by atoms with E-state index in [0.29, 0.717) is 4.68 Å². The van der Waals surface area contributed by atoms with Gasteiger partial charge in [0.2, 0.25) is 0 Å². The lowest BCUT2D eigenvalue weighted by Gasteiger charge is -2.02. The minimum Gasteiger partial charge on any atom is -0.384 e. The van der Waals surface area contributed by atoms with Crippen LogP contribution in [0.3, 0.4) is 0 Å². The summed E-state index contributed by atoms with van der Waals surface area (Å²) in [6.45, 7) is -0.344. The molecule has 1 aromatic heterocycles. The summed E-state index contributed by atoms with van der Waals surface area (Å²) < 4.78 is 0.665. The zero-order valence-corrected chi connectivity index (χ0v) is 6.43. The van der Waals surface area contributed by atoms with Gasteiger partial charge in [0.05, 0.1) is 6.54 Å². The molecule has 69 valence electrons. The number of aldehydes is 1. The Morgan fingerprint density at radius 3 is 3.00 bits per heavy atom. The molecule has 13 heavy (non-hydrogen) atoms. The van der Waals surface area contributed by atoms with E-state index in [9.17, 15) is 14.4 Å². The van der Waals surface area contributed by atoms with Gasteiger partial charge in [-0.3, -0.25) is 14.6 Å². The van der Waals surface area contributed by atoms with Gasteiger partial charge >= 0.3 is 11.1 Å². The largest absolute Gasteiger partial charge is 0.384 e. The van der Waals surface area contributed by atoms with Gasteiger partial charge in [0.25, 0.3) is 0 Å². The maximum absolute atomic E-state index is 10.9. The maximum Gasteiger partial charge on any atom is 0.332 e. The summed E-state index contributed by atoms with van der Waals surface area (Å²) in [7, 11) is 0. The Labute approximate surface area is 71.6 Å². The molecule has 7 heteroatoms. The van der Waals surface area contributed by atoms with E-state index in [1.807, 2.05) is 11.3 Å². The minimum absolute atomic E-state index is 0.245. The SMILES string of the molecule is O=CC(O)Cn1n[c][nH]c(=O)c1=O. The maximum atomic E-state index is 10.9. The first-order valence-electron chi connectivity index (χ1n) is 3.36. The van der Waals surface area contributed by atoms with Crippen LogP contribution in [0.15, 0.2) is 9.59 Å². The van der Waals surface area contributed by atoms with Crippen LogP contribution in [0.4, 0.5) is 0 Å². The van der Waals surface area contributed by atoms with Gasteiger partial charge in [0.15, 0.2) is 6.33 Å². The molecule has 7 nitrogen and oxygen atoms in total. The third-order valence-electron chi connectivity index (χ3n) is 1.29. The van der Waals surface area contributed by atoms with Crippen LogP contribution in [-0.4, -0.2) is 32.3 Å². The summed E-state index contributed by atoms with van der Waals surface area (Å²) in [4.78, 5) is 33.6. The molecule has 1 rings (SSSR count). The normalized spacial score (nSPS) is 12.4. The molecule has 0 bridgehead atoms. The topological polar surface area (TPSA) is 105 Å². The summed E-state index contributed by atoms with van der Waals surface area (Å²) in [6, 6.07) is 0. The molecular formula is C6H6N3O4. The van der Waals surface area contributed by atoms with Crippen LogP contribution >= 0.6 is 0 Å². The number of aliphatic hydroxyl groups is 1. The number of nitrogens with one attached hydrogen (secondary N) is 1. The predicted octanol–water partition coefficient (Wildman–Crippen LogP) is -2.71. The van der Waals surface area contributed by atoms with Crippen LogP contribution in [0.25, 0.3) is 0 Å². The van der Waals surface area contributed by atoms with Crippen molar-refractivity contribution in [1.82, 2.24) is 14.8 Å². The van der Waals surface area contributed by atoms with E-state index >= 15 is 0 Å². The zero-order valence-electron chi connectivity index (χ0n) is 6.43. The lowest BCUT2D eigenvalue weighted by Crippen LogP contribution is -2.40. The van der Waals surface area contributed by atoms with Crippen LogP contribution in [-0.2, 0) is 11.3 Å². The van der Waals surface area contributed by atoms with Gasteiger partial charge in [-0.25, -0.2) is 4.68 Å². The minimum atomic E-state index is -1.35. The molecule has 0 aromatic carbocycles. The Bertz CT molecular complexity index is 407. The zero-order chi connectivity index (χ0) is 9.84. The molecule has 0 aliphatic heterocycles. The average molecular weight is 184 g/mol. The van der Waals surface area contributed by atoms with Crippen LogP contribution in [0, 0.1) is 6.33 Å². The molecule has 0 fully saturated rings. The van der Waals surface area contributed by atoms with Crippen molar-refractivity contribution in [2.24, 2.45) is 0 Å². The molecule has 0 amide bonds. The van der Waals surface area contributed by atoms with Crippen LogP contribution in [0.2, 0.25) is 0 Å². The number of aromatic amines is 1. The molecule has 0 saturated carbocycles. The summed E-state index contributed by atoms with van der Waals surface area (Å²) >= 11 is 0. The van der Waals surface area contributed by atoms with Crippen LogP contribution in [0.1, 0.15) is 0 Å². The van der Waals surface area contributed by atoms with Crippen molar-refractivity contribution in [2.45, 2.75) is 12.6 Å². The van der Waals surface area contributed by atoms with Gasteiger partial charge < -0.3 is 9.90 Å². The molecule has 1 atom stereocenters. The number of rotatable bonds is 3. The lowest BCUT2D eigenvalue weighted by molar-refractivity contribution is -0.115. The number of carbonyl (C=O) groups is 1. The first-order chi connectivity index (χ1) is 6.15. The number of aliphatic hydroxyl groups excluding tert-OH is 1. The molecule has 0 aliphatic carbocycles. The highest BCUT2D eigenvalue weighted by Crippen LogP contribution is 1.78. The van der Waals surface area contributed by atoms with E-state index in [1.54, 1.807) is 0 Å². The standard InChI is InChI=1S/C6H6N3O4/c10-2-4(11)1-9-6(13)5(12)7-3-8-9/h2,4,11H,1H2,(H,7,8,12). The van der Waals surface area contributed by atoms with Crippen molar-refractivity contribution in [3.63, 3.8) is 0 Å². The number of hydrogen-bond acceptors (Lipinski definition) is 5. The average Bonchev–Trinajstić information content (AvgIpc) is 2.13. The summed E-state index contributed by atoms with van der Waals surface area (Å²) in [5.74, 6) is 0. The van der Waals surface area contributed by atoms with E-state index in [1.165, 1.54) is 0 Å². The van der Waals surface area contributed by atoms with Gasteiger partial charge in [0, 0.05) is 0 Å². The van der Waals surface area contributed by atoms with Crippen molar-refractivity contribution in [1.29, 1.82) is 0 Å². The molecule has 1 unspecified atom stereocenters. The highest BCUT2D eigenvalue weighted by molar-refractivity contribution is 5.55. The lowest BCUT2D eigenvalue weighted by atomic mass is 10.4. The van der Waals surface area contributed by atoms with Crippen molar-refractivity contribution in [3.8, 4) is 0 Å². The highest BCUT2D eigenvalue weighted by Gasteiger charge is 2.06. The second kappa shape index (κ2) is 3.76. The Kier molecular flexibility index (Phi) is 2.70. The molecule has 0 aliphatic rings. The van der Waals surface area contributed by atoms with E-state index in [0.717, 1.165) is 0 Å². The summed E-state index contributed by atoms with van der Waals surface area (Å²) in [5, 5.41) is 12.2. The van der Waals surface area contributed by atoms with Gasteiger partial charge in [-0.05, 0) is 0 Å². The first-order valence-corrected chi connectivity index (χ1v) is 3.36. The molecular weight excluding hydrogens is 178 g/mol. The van der Waals surface area contributed by atoms with Crippen molar-refractivity contribution in [3.05, 3.63) is 27.0 Å².